The molecule has 1 aromatic heterocycles. The number of halogens is 5. The van der Waals surface area contributed by atoms with E-state index in [0.717, 1.165) is 69.8 Å². The Kier molecular flexibility index (Phi) is 9.39. The summed E-state index contributed by atoms with van der Waals surface area (Å²) in [6, 6.07) is 8.50. The van der Waals surface area contributed by atoms with Crippen LogP contribution in [0, 0.1) is 5.82 Å². The molecule has 6 nitrogen and oxygen atoms in total. The molecule has 1 amide bonds. The minimum absolute atomic E-state index is 0.0668. The fourth-order valence-electron chi connectivity index (χ4n) is 6.14. The molecular weight excluding hydrogens is 584 g/mol. The van der Waals surface area contributed by atoms with Crippen molar-refractivity contribution >= 4 is 35.0 Å². The fourth-order valence-corrected chi connectivity index (χ4v) is 6.39. The minimum Gasteiger partial charge on any atom is -0.398 e. The summed E-state index contributed by atoms with van der Waals surface area (Å²) >= 11 is 6.64. The summed E-state index contributed by atoms with van der Waals surface area (Å²) in [5, 5.41) is 2.56. The Morgan fingerprint density at radius 3 is 2.51 bits per heavy atom. The summed E-state index contributed by atoms with van der Waals surface area (Å²) in [5.41, 5.74) is 8.33. The van der Waals surface area contributed by atoms with Gasteiger partial charge in [-0.2, -0.15) is 13.2 Å². The molecule has 0 spiro atoms. The SMILES string of the molecule is C/C=C/c1cc(C(=O)Nc2ccnc(C(F)(F)F)c2)c(Cl)cc1-c1c(N)cc(F)cc1C1CCC(N2CCOCC2)CC1. The lowest BCUT2D eigenvalue weighted by molar-refractivity contribution is -0.141. The summed E-state index contributed by atoms with van der Waals surface area (Å²) in [6.45, 7) is 5.14. The van der Waals surface area contributed by atoms with Gasteiger partial charge in [0.2, 0.25) is 0 Å². The number of nitrogens with zero attached hydrogens (tertiary/aromatic N) is 2. The van der Waals surface area contributed by atoms with E-state index in [1.54, 1.807) is 30.4 Å². The van der Waals surface area contributed by atoms with Crippen molar-refractivity contribution in [3.05, 3.63) is 81.9 Å². The smallest absolute Gasteiger partial charge is 0.398 e. The van der Waals surface area contributed by atoms with Crippen LogP contribution in [0.1, 0.15) is 65.7 Å². The third kappa shape index (κ3) is 7.03. The number of nitrogens with two attached hydrogens (primary N) is 1. The van der Waals surface area contributed by atoms with Crippen LogP contribution in [0.3, 0.4) is 0 Å². The number of morpholine rings is 1. The van der Waals surface area contributed by atoms with Crippen molar-refractivity contribution in [1.82, 2.24) is 9.88 Å². The number of ether oxygens (including phenoxy) is 1. The highest BCUT2D eigenvalue weighted by Gasteiger charge is 2.33. The van der Waals surface area contributed by atoms with Crippen molar-refractivity contribution in [2.75, 3.05) is 37.4 Å². The van der Waals surface area contributed by atoms with Crippen molar-refractivity contribution in [2.24, 2.45) is 0 Å². The van der Waals surface area contributed by atoms with Gasteiger partial charge in [0.25, 0.3) is 5.91 Å². The monoisotopic (exact) mass is 616 g/mol. The van der Waals surface area contributed by atoms with Crippen LogP contribution >= 0.6 is 11.6 Å². The standard InChI is InChI=1S/C32H33ClF4N4O2/c1-2-3-20-14-26(31(42)40-22-8-9-39-29(17-22)32(35,36)37)27(33)18-25(20)30-24(15-21(34)16-28(30)38)19-4-6-23(7-5-19)41-10-12-43-13-11-41/h2-3,8-9,14-19,23H,4-7,10-13,38H2,1H3,(H,39,40,42)/b3-2+. The van der Waals surface area contributed by atoms with Gasteiger partial charge in [-0.25, -0.2) is 4.39 Å². The zero-order valence-electron chi connectivity index (χ0n) is 23.7. The largest absolute Gasteiger partial charge is 0.433 e. The number of carbonyl (C=O) groups excluding carboxylic acids is 1. The van der Waals surface area contributed by atoms with Crippen LogP contribution in [0.2, 0.25) is 5.02 Å². The van der Waals surface area contributed by atoms with E-state index < -0.39 is 23.6 Å². The van der Waals surface area contributed by atoms with E-state index in [2.05, 4.69) is 15.2 Å². The molecule has 0 atom stereocenters. The minimum atomic E-state index is -4.66. The topological polar surface area (TPSA) is 80.5 Å². The molecule has 1 saturated heterocycles. The van der Waals surface area contributed by atoms with E-state index in [9.17, 15) is 22.4 Å². The normalized spacial score (nSPS) is 20.0. The number of hydrogen-bond donors (Lipinski definition) is 2. The zero-order chi connectivity index (χ0) is 30.7. The molecule has 3 N–H and O–H groups in total. The maximum absolute atomic E-state index is 14.8. The number of benzene rings is 2. The number of nitrogens with one attached hydrogen (secondary N) is 1. The van der Waals surface area contributed by atoms with Gasteiger partial charge in [0.15, 0.2) is 0 Å². The predicted molar refractivity (Wildman–Crippen MR) is 161 cm³/mol. The Labute approximate surface area is 252 Å². The highest BCUT2D eigenvalue weighted by atomic mass is 35.5. The first kappa shape index (κ1) is 31.0. The van der Waals surface area contributed by atoms with Crippen LogP contribution in [0.5, 0.6) is 0 Å². The lowest BCUT2D eigenvalue weighted by Gasteiger charge is -2.39. The molecular formula is C32H33ClF4N4O2. The summed E-state index contributed by atoms with van der Waals surface area (Å²) in [6.07, 6.45) is 3.60. The lowest BCUT2D eigenvalue weighted by Crippen LogP contribution is -2.44. The van der Waals surface area contributed by atoms with E-state index >= 15 is 0 Å². The average Bonchev–Trinajstić information content (AvgIpc) is 2.98. The Bertz CT molecular complexity index is 1510. The molecule has 0 radical (unpaired) electrons. The molecule has 2 heterocycles. The van der Waals surface area contributed by atoms with Crippen LogP contribution < -0.4 is 11.1 Å². The molecule has 1 saturated carbocycles. The molecule has 0 bridgehead atoms. The van der Waals surface area contributed by atoms with E-state index in [-0.39, 0.29) is 27.9 Å². The first-order valence-corrected chi connectivity index (χ1v) is 14.6. The Balaban J connectivity index is 1.46. The lowest BCUT2D eigenvalue weighted by atomic mass is 9.77. The summed E-state index contributed by atoms with van der Waals surface area (Å²) < 4.78 is 59.6. The molecule has 1 aliphatic carbocycles. The van der Waals surface area contributed by atoms with E-state index in [4.69, 9.17) is 22.1 Å². The van der Waals surface area contributed by atoms with Gasteiger partial charge < -0.3 is 15.8 Å². The van der Waals surface area contributed by atoms with Crippen molar-refractivity contribution in [3.63, 3.8) is 0 Å². The number of nitrogen functional groups attached to an aromatic ring is 1. The summed E-state index contributed by atoms with van der Waals surface area (Å²) in [7, 11) is 0. The predicted octanol–water partition coefficient (Wildman–Crippen LogP) is 7.79. The molecule has 228 valence electrons. The number of allylic oxidation sites excluding steroid dienone is 1. The molecule has 1 aliphatic heterocycles. The van der Waals surface area contributed by atoms with Crippen molar-refractivity contribution in [3.8, 4) is 11.1 Å². The molecule has 5 rings (SSSR count). The molecule has 2 fully saturated rings. The van der Waals surface area contributed by atoms with Crippen molar-refractivity contribution in [1.29, 1.82) is 0 Å². The van der Waals surface area contributed by atoms with Crippen LogP contribution in [-0.4, -0.2) is 48.1 Å². The Hall–Kier alpha value is -3.47. The first-order chi connectivity index (χ1) is 20.5. The van der Waals surface area contributed by atoms with Gasteiger partial charge >= 0.3 is 6.18 Å². The van der Waals surface area contributed by atoms with Crippen LogP contribution in [0.4, 0.5) is 28.9 Å². The average molecular weight is 617 g/mol. The Morgan fingerprint density at radius 2 is 1.84 bits per heavy atom. The molecule has 2 aromatic carbocycles. The third-order valence-corrected chi connectivity index (χ3v) is 8.48. The maximum atomic E-state index is 14.8. The third-order valence-electron chi connectivity index (χ3n) is 8.17. The second-order valence-electron chi connectivity index (χ2n) is 10.9. The second kappa shape index (κ2) is 13.0. The number of hydrogen-bond acceptors (Lipinski definition) is 5. The van der Waals surface area contributed by atoms with Crippen molar-refractivity contribution in [2.45, 2.75) is 50.7 Å². The number of anilines is 2. The van der Waals surface area contributed by atoms with Crippen LogP contribution in [0.25, 0.3) is 17.2 Å². The van der Waals surface area contributed by atoms with Gasteiger partial charge in [0.1, 0.15) is 11.5 Å². The fraction of sp³-hybridized carbons (Fsp3) is 0.375. The number of aromatic nitrogens is 1. The van der Waals surface area contributed by atoms with Gasteiger partial charge in [0.05, 0.1) is 23.8 Å². The highest BCUT2D eigenvalue weighted by Crippen LogP contribution is 2.44. The van der Waals surface area contributed by atoms with E-state index in [0.29, 0.717) is 22.7 Å². The quantitative estimate of drug-likeness (QED) is 0.218. The Morgan fingerprint density at radius 1 is 1.12 bits per heavy atom. The number of carbonyl (C=O) groups is 1. The molecule has 2 aliphatic rings. The molecule has 43 heavy (non-hydrogen) atoms. The molecule has 11 heteroatoms. The number of amides is 1. The highest BCUT2D eigenvalue weighted by molar-refractivity contribution is 6.35. The second-order valence-corrected chi connectivity index (χ2v) is 11.3. The number of rotatable bonds is 6. The van der Waals surface area contributed by atoms with E-state index in [1.165, 1.54) is 12.1 Å². The van der Waals surface area contributed by atoms with Gasteiger partial charge in [-0.05, 0) is 91.6 Å². The number of alkyl halides is 3. The van der Waals surface area contributed by atoms with Gasteiger partial charge in [-0.15, -0.1) is 0 Å². The van der Waals surface area contributed by atoms with E-state index in [1.807, 2.05) is 6.92 Å². The van der Waals surface area contributed by atoms with Gasteiger partial charge in [-0.1, -0.05) is 23.8 Å². The molecule has 3 aromatic rings. The zero-order valence-corrected chi connectivity index (χ0v) is 24.4. The summed E-state index contributed by atoms with van der Waals surface area (Å²) in [4.78, 5) is 19.0. The summed E-state index contributed by atoms with van der Waals surface area (Å²) in [5.74, 6) is -1.02. The molecule has 0 unspecified atom stereocenters. The first-order valence-electron chi connectivity index (χ1n) is 14.3. The van der Waals surface area contributed by atoms with Crippen LogP contribution in [-0.2, 0) is 10.9 Å². The van der Waals surface area contributed by atoms with Gasteiger partial charge in [0, 0.05) is 42.3 Å². The van der Waals surface area contributed by atoms with Crippen molar-refractivity contribution < 1.29 is 27.1 Å². The maximum Gasteiger partial charge on any atom is 0.433 e. The number of pyridine rings is 1. The van der Waals surface area contributed by atoms with Crippen LogP contribution in [0.15, 0.2) is 48.7 Å². The van der Waals surface area contributed by atoms with Gasteiger partial charge in [-0.3, -0.25) is 14.7 Å².